The Morgan fingerprint density at radius 2 is 2.50 bits per heavy atom. The van der Waals surface area contributed by atoms with E-state index in [1.54, 1.807) is 17.8 Å². The van der Waals surface area contributed by atoms with E-state index in [0.29, 0.717) is 11.4 Å². The van der Waals surface area contributed by atoms with Crippen molar-refractivity contribution in [3.8, 4) is 0 Å². The summed E-state index contributed by atoms with van der Waals surface area (Å²) in [7, 11) is 0. The van der Waals surface area contributed by atoms with Crippen LogP contribution in [0, 0.1) is 0 Å². The van der Waals surface area contributed by atoms with Crippen LogP contribution in [-0.2, 0) is 0 Å². The summed E-state index contributed by atoms with van der Waals surface area (Å²) in [6, 6.07) is 3.69. The molecule has 0 saturated carbocycles. The van der Waals surface area contributed by atoms with Crippen LogP contribution < -0.4 is 5.73 Å². The molecule has 16 heavy (non-hydrogen) atoms. The number of aliphatic imine (C=N–C) groups is 1. The van der Waals surface area contributed by atoms with Crippen molar-refractivity contribution in [3.05, 3.63) is 30.6 Å². The molecule has 2 aromatic heterocycles. The molecule has 0 atom stereocenters. The van der Waals surface area contributed by atoms with Gasteiger partial charge in [-0.25, -0.2) is 9.98 Å². The average molecular weight is 232 g/mol. The van der Waals surface area contributed by atoms with Crippen molar-refractivity contribution in [3.63, 3.8) is 0 Å². The molecule has 3 N–H and O–H groups in total. The van der Waals surface area contributed by atoms with E-state index in [9.17, 15) is 0 Å². The minimum Gasteiger partial charge on any atom is -0.398 e. The number of fused-ring (bicyclic) bond motifs is 1. The quantitative estimate of drug-likeness (QED) is 0.631. The van der Waals surface area contributed by atoms with Crippen LogP contribution in [0.15, 0.2) is 29.9 Å². The van der Waals surface area contributed by atoms with Crippen molar-refractivity contribution in [2.75, 3.05) is 12.0 Å². The second-order valence-corrected chi connectivity index (χ2v) is 3.94. The molecule has 2 rings (SSSR count). The van der Waals surface area contributed by atoms with Gasteiger partial charge in [-0.2, -0.15) is 0 Å². The number of rotatable bonds is 3. The zero-order valence-electron chi connectivity index (χ0n) is 8.90. The van der Waals surface area contributed by atoms with Gasteiger partial charge in [0, 0.05) is 17.3 Å². The number of nitrogens with two attached hydrogens (primary N) is 1. The standard InChI is InChI=1S/C11H12N4S/c1-7(14-6-16-2)10-5-8-9(12)3-4-13-11(8)15-10/h3-6H,1H2,2H3,(H3,12,13,15)/b14-6-. The van der Waals surface area contributed by atoms with E-state index in [4.69, 9.17) is 5.73 Å². The maximum absolute atomic E-state index is 5.84. The molecule has 0 aliphatic rings. The van der Waals surface area contributed by atoms with E-state index in [-0.39, 0.29) is 0 Å². The lowest BCUT2D eigenvalue weighted by molar-refractivity contribution is 1.29. The molecule has 82 valence electrons. The number of aromatic nitrogens is 2. The Balaban J connectivity index is 2.44. The minimum absolute atomic E-state index is 0.673. The van der Waals surface area contributed by atoms with Crippen molar-refractivity contribution in [1.29, 1.82) is 0 Å². The van der Waals surface area contributed by atoms with Crippen LogP contribution in [0.25, 0.3) is 16.7 Å². The Bertz CT molecular complexity index is 556. The predicted molar refractivity (Wildman–Crippen MR) is 71.5 cm³/mol. The maximum Gasteiger partial charge on any atom is 0.139 e. The van der Waals surface area contributed by atoms with Gasteiger partial charge in [-0.05, 0) is 18.4 Å². The van der Waals surface area contributed by atoms with Crippen molar-refractivity contribution >= 4 is 39.7 Å². The molecule has 5 heteroatoms. The second-order valence-electron chi connectivity index (χ2n) is 3.26. The molecule has 0 spiro atoms. The summed E-state index contributed by atoms with van der Waals surface area (Å²) in [4.78, 5) is 11.5. The molecule has 0 unspecified atom stereocenters. The summed E-state index contributed by atoms with van der Waals surface area (Å²) < 4.78 is 0. The fourth-order valence-corrected chi connectivity index (χ4v) is 1.62. The number of anilines is 1. The molecule has 2 heterocycles. The number of H-pyrrole nitrogens is 1. The molecular formula is C11H12N4S. The van der Waals surface area contributed by atoms with Gasteiger partial charge in [-0.3, -0.25) is 0 Å². The lowest BCUT2D eigenvalue weighted by Crippen LogP contribution is -1.85. The van der Waals surface area contributed by atoms with Gasteiger partial charge in [0.1, 0.15) is 5.65 Å². The SMILES string of the molecule is C=C(/N=C\SC)c1cc2c(N)ccnc2[nH]1. The molecule has 0 aliphatic carbocycles. The van der Waals surface area contributed by atoms with Crippen LogP contribution >= 0.6 is 11.8 Å². The van der Waals surface area contributed by atoms with E-state index < -0.39 is 0 Å². The van der Waals surface area contributed by atoms with Gasteiger partial charge in [-0.1, -0.05) is 6.58 Å². The van der Waals surface area contributed by atoms with Gasteiger partial charge in [0.25, 0.3) is 0 Å². The normalized spacial score (nSPS) is 11.3. The van der Waals surface area contributed by atoms with Crippen LogP contribution in [0.5, 0.6) is 0 Å². The first-order valence-corrected chi connectivity index (χ1v) is 5.99. The highest BCUT2D eigenvalue weighted by molar-refractivity contribution is 8.11. The summed E-state index contributed by atoms with van der Waals surface area (Å²) in [6.07, 6.45) is 3.62. The lowest BCUT2D eigenvalue weighted by atomic mass is 10.2. The molecule has 0 fully saturated rings. The van der Waals surface area contributed by atoms with Crippen molar-refractivity contribution < 1.29 is 0 Å². The minimum atomic E-state index is 0.673. The Morgan fingerprint density at radius 1 is 1.69 bits per heavy atom. The summed E-state index contributed by atoms with van der Waals surface area (Å²) in [5.41, 5.74) is 10.6. The number of nitrogens with zero attached hydrogens (tertiary/aromatic N) is 2. The van der Waals surface area contributed by atoms with Gasteiger partial charge in [-0.15, -0.1) is 11.8 Å². The van der Waals surface area contributed by atoms with Crippen LogP contribution in [0.3, 0.4) is 0 Å². The first-order valence-electron chi connectivity index (χ1n) is 4.70. The van der Waals surface area contributed by atoms with E-state index in [2.05, 4.69) is 21.5 Å². The number of pyridine rings is 1. The molecule has 0 aliphatic heterocycles. The molecule has 4 nitrogen and oxygen atoms in total. The van der Waals surface area contributed by atoms with E-state index in [1.165, 1.54) is 11.8 Å². The predicted octanol–water partition coefficient (Wildman–Crippen LogP) is 2.51. The second kappa shape index (κ2) is 4.40. The van der Waals surface area contributed by atoms with Gasteiger partial charge in [0.15, 0.2) is 0 Å². The van der Waals surface area contributed by atoms with Gasteiger partial charge in [0.2, 0.25) is 0 Å². The summed E-state index contributed by atoms with van der Waals surface area (Å²) >= 11 is 1.53. The molecule has 0 aromatic carbocycles. The lowest BCUT2D eigenvalue weighted by Gasteiger charge is -1.92. The first kappa shape index (κ1) is 10.8. The molecule has 0 bridgehead atoms. The fourth-order valence-electron chi connectivity index (χ4n) is 1.39. The average Bonchev–Trinajstić information content (AvgIpc) is 2.71. The van der Waals surface area contributed by atoms with Crippen LogP contribution in [-0.4, -0.2) is 21.8 Å². The number of hydrogen-bond acceptors (Lipinski definition) is 4. The topological polar surface area (TPSA) is 67.1 Å². The number of aromatic amines is 1. The summed E-state index contributed by atoms with van der Waals surface area (Å²) in [6.45, 7) is 3.88. The maximum atomic E-state index is 5.84. The number of nitrogens with one attached hydrogen (secondary N) is 1. The Labute approximate surface area is 97.7 Å². The Morgan fingerprint density at radius 3 is 3.19 bits per heavy atom. The van der Waals surface area contributed by atoms with Gasteiger partial charge < -0.3 is 10.7 Å². The number of hydrogen-bond donors (Lipinski definition) is 2. The van der Waals surface area contributed by atoms with Gasteiger partial charge >= 0.3 is 0 Å². The smallest absolute Gasteiger partial charge is 0.139 e. The van der Waals surface area contributed by atoms with Crippen molar-refractivity contribution in [1.82, 2.24) is 9.97 Å². The number of thioether (sulfide) groups is 1. The highest BCUT2D eigenvalue weighted by Crippen LogP contribution is 2.23. The summed E-state index contributed by atoms with van der Waals surface area (Å²) in [5, 5.41) is 0.901. The highest BCUT2D eigenvalue weighted by atomic mass is 32.2. The largest absolute Gasteiger partial charge is 0.398 e. The van der Waals surface area contributed by atoms with E-state index in [1.807, 2.05) is 12.3 Å². The highest BCUT2D eigenvalue weighted by Gasteiger charge is 2.05. The van der Waals surface area contributed by atoms with Crippen molar-refractivity contribution in [2.24, 2.45) is 4.99 Å². The molecule has 0 amide bonds. The molecule has 0 radical (unpaired) electrons. The van der Waals surface area contributed by atoms with E-state index >= 15 is 0 Å². The Kier molecular flexibility index (Phi) is 2.96. The third kappa shape index (κ3) is 1.94. The first-order chi connectivity index (χ1) is 7.72. The third-order valence-electron chi connectivity index (χ3n) is 2.19. The Hall–Kier alpha value is -1.75. The van der Waals surface area contributed by atoms with Crippen LogP contribution in [0.1, 0.15) is 5.69 Å². The fraction of sp³-hybridized carbons (Fsp3) is 0.0909. The molecular weight excluding hydrogens is 220 g/mol. The zero-order chi connectivity index (χ0) is 11.5. The van der Waals surface area contributed by atoms with Gasteiger partial charge in [0.05, 0.1) is 16.9 Å². The summed E-state index contributed by atoms with van der Waals surface area (Å²) in [5.74, 6) is 0. The monoisotopic (exact) mass is 232 g/mol. The third-order valence-corrected chi connectivity index (χ3v) is 2.51. The van der Waals surface area contributed by atoms with Crippen molar-refractivity contribution in [2.45, 2.75) is 0 Å². The van der Waals surface area contributed by atoms with E-state index in [0.717, 1.165) is 16.7 Å². The van der Waals surface area contributed by atoms with Crippen LogP contribution in [0.2, 0.25) is 0 Å². The molecule has 2 aromatic rings. The van der Waals surface area contributed by atoms with Crippen LogP contribution in [0.4, 0.5) is 5.69 Å². The number of nitrogen functional groups attached to an aromatic ring is 1. The zero-order valence-corrected chi connectivity index (χ0v) is 9.71. The molecule has 0 saturated heterocycles.